The molecule has 0 radical (unpaired) electrons. The van der Waals surface area contributed by atoms with Crippen LogP contribution in [0.2, 0.25) is 0 Å². The van der Waals surface area contributed by atoms with E-state index in [0.29, 0.717) is 10.8 Å². The van der Waals surface area contributed by atoms with Gasteiger partial charge in [-0.15, -0.1) is 0 Å². The summed E-state index contributed by atoms with van der Waals surface area (Å²) in [6.45, 7) is -1.28. The molecule has 4 N–H and O–H groups in total. The van der Waals surface area contributed by atoms with Gasteiger partial charge in [-0.2, -0.15) is 4.39 Å². The zero-order valence-corrected chi connectivity index (χ0v) is 9.29. The Morgan fingerprint density at radius 3 is 2.63 bits per heavy atom. The van der Waals surface area contributed by atoms with E-state index >= 15 is 0 Å². The summed E-state index contributed by atoms with van der Waals surface area (Å²) >= 11 is 0. The van der Waals surface area contributed by atoms with E-state index < -0.39 is 48.0 Å². The van der Waals surface area contributed by atoms with Gasteiger partial charge in [-0.3, -0.25) is 14.3 Å². The van der Waals surface area contributed by atoms with E-state index in [4.69, 9.17) is 5.11 Å². The highest BCUT2D eigenvalue weighted by atomic mass is 19.2. The molecule has 0 aromatic carbocycles. The number of H-pyrrole nitrogens is 1. The third kappa shape index (κ3) is 2.08. The van der Waals surface area contributed by atoms with Gasteiger partial charge in [0.15, 0.2) is 6.23 Å². The minimum Gasteiger partial charge on any atom is -0.390 e. The van der Waals surface area contributed by atoms with Crippen LogP contribution >= 0.6 is 0 Å². The first-order chi connectivity index (χ1) is 8.80. The Balaban J connectivity index is 2.47. The Kier molecular flexibility index (Phi) is 3.26. The smallest absolute Gasteiger partial charge is 0.330 e. The minimum absolute atomic E-state index is 0.377. The summed E-state index contributed by atoms with van der Waals surface area (Å²) in [5.41, 5.74) is -2.45. The van der Waals surface area contributed by atoms with Crippen molar-refractivity contribution in [2.75, 3.05) is 6.61 Å². The fourth-order valence-electron chi connectivity index (χ4n) is 1.75. The molecule has 0 aliphatic carbocycles. The highest BCUT2D eigenvalue weighted by molar-refractivity contribution is 4.97. The maximum atomic E-state index is 13.8. The Morgan fingerprint density at radius 2 is 2.11 bits per heavy atom. The number of halogens is 2. The number of aromatic amines is 1. The number of aliphatic hydroxyl groups is 3. The van der Waals surface area contributed by atoms with Crippen LogP contribution in [0.5, 0.6) is 0 Å². The predicted octanol–water partition coefficient (Wildman–Crippen LogP) is -2.42. The Hall–Kier alpha value is -1.62. The lowest BCUT2D eigenvalue weighted by Crippen LogP contribution is -2.42. The Bertz CT molecular complexity index is 601. The molecule has 0 spiro atoms. The van der Waals surface area contributed by atoms with Crippen LogP contribution < -0.4 is 11.2 Å². The minimum atomic E-state index is -2.99. The van der Waals surface area contributed by atoms with Crippen molar-refractivity contribution in [1.82, 2.24) is 9.55 Å². The van der Waals surface area contributed by atoms with E-state index in [-0.39, 0.29) is 0 Å². The largest absolute Gasteiger partial charge is 0.390 e. The van der Waals surface area contributed by atoms with Gasteiger partial charge in [0.1, 0.15) is 18.8 Å². The summed E-state index contributed by atoms with van der Waals surface area (Å²) in [6, 6.07) is 0. The molecular formula is C9H10F2N2O6. The van der Waals surface area contributed by atoms with E-state index in [2.05, 4.69) is 4.74 Å². The second-order valence-corrected chi connectivity index (χ2v) is 4.03. The van der Waals surface area contributed by atoms with Crippen LogP contribution in [0.3, 0.4) is 0 Å². The summed E-state index contributed by atoms with van der Waals surface area (Å²) in [5, 5.41) is 27.7. The molecule has 1 aromatic heterocycles. The van der Waals surface area contributed by atoms with Crippen molar-refractivity contribution in [2.24, 2.45) is 0 Å². The van der Waals surface area contributed by atoms with Gasteiger partial charge < -0.3 is 20.1 Å². The van der Waals surface area contributed by atoms with Crippen molar-refractivity contribution < 1.29 is 28.8 Å². The van der Waals surface area contributed by atoms with Crippen molar-refractivity contribution >= 4 is 0 Å². The van der Waals surface area contributed by atoms with E-state index in [1.54, 1.807) is 4.98 Å². The summed E-state index contributed by atoms with van der Waals surface area (Å²) in [4.78, 5) is 23.8. The zero-order chi connectivity index (χ0) is 14.4. The molecule has 1 saturated heterocycles. The van der Waals surface area contributed by atoms with Gasteiger partial charge in [0.2, 0.25) is 5.82 Å². The zero-order valence-electron chi connectivity index (χ0n) is 9.29. The van der Waals surface area contributed by atoms with Crippen LogP contribution in [0.15, 0.2) is 15.8 Å². The first-order valence-electron chi connectivity index (χ1n) is 5.15. The van der Waals surface area contributed by atoms with Crippen LogP contribution in [-0.4, -0.2) is 49.5 Å². The van der Waals surface area contributed by atoms with E-state index in [1.807, 2.05) is 0 Å². The third-order valence-corrected chi connectivity index (χ3v) is 2.79. The molecule has 1 aliphatic heterocycles. The van der Waals surface area contributed by atoms with Gasteiger partial charge in [0.25, 0.3) is 11.4 Å². The second kappa shape index (κ2) is 4.49. The monoisotopic (exact) mass is 280 g/mol. The van der Waals surface area contributed by atoms with Gasteiger partial charge in [0.05, 0.1) is 6.20 Å². The summed E-state index contributed by atoms with van der Waals surface area (Å²) < 4.78 is 31.8. The van der Waals surface area contributed by atoms with Gasteiger partial charge >= 0.3 is 5.69 Å². The molecule has 2 heterocycles. The molecule has 8 nitrogen and oxygen atoms in total. The molecule has 4 atom stereocenters. The molecule has 1 aromatic rings. The molecule has 10 heteroatoms. The SMILES string of the molecule is O=c1[nH]c(=O)n([C@@H]2O[C@](F)(CO)[C@@H](O)[C@H]2O)cc1F. The van der Waals surface area contributed by atoms with Gasteiger partial charge in [0, 0.05) is 0 Å². The number of aromatic nitrogens is 2. The highest BCUT2D eigenvalue weighted by Crippen LogP contribution is 2.37. The fraction of sp³-hybridized carbons (Fsp3) is 0.556. The lowest BCUT2D eigenvalue weighted by atomic mass is 10.1. The fourth-order valence-corrected chi connectivity index (χ4v) is 1.75. The van der Waals surface area contributed by atoms with E-state index in [9.17, 15) is 28.6 Å². The molecule has 0 unspecified atom stereocenters. The highest BCUT2D eigenvalue weighted by Gasteiger charge is 2.55. The second-order valence-electron chi connectivity index (χ2n) is 4.03. The van der Waals surface area contributed by atoms with Crippen molar-refractivity contribution in [2.45, 2.75) is 24.3 Å². The van der Waals surface area contributed by atoms with Crippen LogP contribution in [0, 0.1) is 5.82 Å². The topological polar surface area (TPSA) is 125 Å². The Morgan fingerprint density at radius 1 is 1.47 bits per heavy atom. The molecule has 1 fully saturated rings. The summed E-state index contributed by atoms with van der Waals surface area (Å²) in [6.07, 6.45) is -5.44. The van der Waals surface area contributed by atoms with Crippen LogP contribution in [-0.2, 0) is 4.74 Å². The number of alkyl halides is 1. The molecule has 106 valence electrons. The quantitative estimate of drug-likeness (QED) is 0.478. The van der Waals surface area contributed by atoms with Crippen molar-refractivity contribution in [1.29, 1.82) is 0 Å². The van der Waals surface area contributed by atoms with Gasteiger partial charge in [-0.25, -0.2) is 9.18 Å². The number of rotatable bonds is 2. The first kappa shape index (κ1) is 13.8. The first-order valence-corrected chi connectivity index (χ1v) is 5.15. The lowest BCUT2D eigenvalue weighted by molar-refractivity contribution is -0.207. The average molecular weight is 280 g/mol. The molecule has 0 amide bonds. The molecule has 0 bridgehead atoms. The lowest BCUT2D eigenvalue weighted by Gasteiger charge is -2.19. The Labute approximate surface area is 103 Å². The maximum Gasteiger partial charge on any atom is 0.330 e. The molecule has 0 saturated carbocycles. The van der Waals surface area contributed by atoms with Gasteiger partial charge in [-0.1, -0.05) is 0 Å². The molecule has 2 rings (SSSR count). The number of nitrogens with zero attached hydrogens (tertiary/aromatic N) is 1. The van der Waals surface area contributed by atoms with Gasteiger partial charge in [-0.05, 0) is 0 Å². The number of aliphatic hydroxyl groups excluding tert-OH is 3. The normalized spacial score (nSPS) is 34.7. The van der Waals surface area contributed by atoms with Crippen LogP contribution in [0.4, 0.5) is 8.78 Å². The number of hydrogen-bond donors (Lipinski definition) is 4. The number of nitrogens with one attached hydrogen (secondary N) is 1. The maximum absolute atomic E-state index is 13.8. The molecule has 1 aliphatic rings. The average Bonchev–Trinajstić information content (AvgIpc) is 2.59. The standard InChI is InChI=1S/C9H10F2N2O6/c10-3-1-13(8(18)12-6(3)17)7-4(15)5(16)9(11,2-14)19-7/h1,4-5,7,14-16H,2H2,(H,12,17,18)/t4-,5+,7-,9-/m1/s1. The van der Waals surface area contributed by atoms with Crippen molar-refractivity contribution in [3.05, 3.63) is 32.9 Å². The van der Waals surface area contributed by atoms with E-state index in [1.165, 1.54) is 0 Å². The van der Waals surface area contributed by atoms with Crippen molar-refractivity contribution in [3.8, 4) is 0 Å². The van der Waals surface area contributed by atoms with Crippen LogP contribution in [0.1, 0.15) is 6.23 Å². The summed E-state index contributed by atoms with van der Waals surface area (Å²) in [7, 11) is 0. The van der Waals surface area contributed by atoms with E-state index in [0.717, 1.165) is 0 Å². The predicted molar refractivity (Wildman–Crippen MR) is 54.3 cm³/mol. The third-order valence-electron chi connectivity index (χ3n) is 2.79. The van der Waals surface area contributed by atoms with Crippen molar-refractivity contribution in [3.63, 3.8) is 0 Å². The summed E-state index contributed by atoms with van der Waals surface area (Å²) in [5.74, 6) is -4.35. The number of ether oxygens (including phenoxy) is 1. The molecular weight excluding hydrogens is 270 g/mol. The molecule has 19 heavy (non-hydrogen) atoms. The van der Waals surface area contributed by atoms with Crippen LogP contribution in [0.25, 0.3) is 0 Å². The number of hydrogen-bond acceptors (Lipinski definition) is 6.